The number of aliphatic hydroxyl groups excluding tert-OH is 3. The van der Waals surface area contributed by atoms with Crippen molar-refractivity contribution in [2.45, 2.75) is 24.5 Å². The Labute approximate surface area is 165 Å². The molecule has 1 aliphatic heterocycles. The molecule has 29 heavy (non-hydrogen) atoms. The fraction of sp³-hybridized carbons (Fsp3) is 0.250. The van der Waals surface area contributed by atoms with Crippen molar-refractivity contribution >= 4 is 33.4 Å². The van der Waals surface area contributed by atoms with Gasteiger partial charge < -0.3 is 25.4 Å². The van der Waals surface area contributed by atoms with Gasteiger partial charge in [0.1, 0.15) is 24.6 Å². The standard InChI is InChI=1S/C20H19N5O4/c26-8-14-16(27)17(28)20(29-14)25-10-23-15-18(21-9-22-19(15)25)24-13-6-5-11-3-1-2-4-12(11)7-13/h1-7,9-10,14,16-17,20,26-28H,8H2,(H,21,22,24)/t14-,16?,17?,20-/m1/s1. The van der Waals surface area contributed by atoms with Crippen LogP contribution in [0.5, 0.6) is 0 Å². The Bertz CT molecular complexity index is 1180. The molecule has 1 aliphatic rings. The molecule has 0 amide bonds. The Balaban J connectivity index is 1.50. The largest absolute Gasteiger partial charge is 0.394 e. The van der Waals surface area contributed by atoms with Crippen LogP contribution in [0.25, 0.3) is 21.9 Å². The second-order valence-electron chi connectivity index (χ2n) is 6.96. The van der Waals surface area contributed by atoms with E-state index in [9.17, 15) is 15.3 Å². The number of benzene rings is 2. The molecule has 4 atom stereocenters. The number of hydrogen-bond donors (Lipinski definition) is 4. The van der Waals surface area contributed by atoms with E-state index in [4.69, 9.17) is 4.74 Å². The first-order valence-electron chi connectivity index (χ1n) is 9.21. The van der Waals surface area contributed by atoms with Crippen molar-refractivity contribution in [1.82, 2.24) is 19.5 Å². The predicted molar refractivity (Wildman–Crippen MR) is 106 cm³/mol. The quantitative estimate of drug-likeness (QED) is 0.409. The van der Waals surface area contributed by atoms with Crippen LogP contribution in [0.4, 0.5) is 11.5 Å². The average Bonchev–Trinajstić information content (AvgIpc) is 3.30. The van der Waals surface area contributed by atoms with Crippen molar-refractivity contribution in [3.8, 4) is 0 Å². The molecule has 2 aromatic carbocycles. The van der Waals surface area contributed by atoms with E-state index in [0.29, 0.717) is 17.0 Å². The highest BCUT2D eigenvalue weighted by Gasteiger charge is 2.44. The van der Waals surface area contributed by atoms with E-state index in [-0.39, 0.29) is 0 Å². The minimum absolute atomic E-state index is 0.398. The molecule has 1 fully saturated rings. The number of nitrogens with one attached hydrogen (secondary N) is 1. The maximum atomic E-state index is 10.3. The smallest absolute Gasteiger partial charge is 0.167 e. The van der Waals surface area contributed by atoms with Gasteiger partial charge in [-0.3, -0.25) is 4.57 Å². The van der Waals surface area contributed by atoms with Crippen LogP contribution in [-0.2, 0) is 4.74 Å². The molecule has 0 radical (unpaired) electrons. The van der Waals surface area contributed by atoms with Crippen molar-refractivity contribution in [2.75, 3.05) is 11.9 Å². The number of imidazole rings is 1. The van der Waals surface area contributed by atoms with Crippen LogP contribution < -0.4 is 5.32 Å². The molecule has 9 heteroatoms. The molecule has 1 saturated heterocycles. The molecule has 4 aromatic rings. The van der Waals surface area contributed by atoms with Crippen LogP contribution >= 0.6 is 0 Å². The van der Waals surface area contributed by atoms with Gasteiger partial charge in [0, 0.05) is 5.69 Å². The first kappa shape index (κ1) is 18.0. The third kappa shape index (κ3) is 3.00. The minimum Gasteiger partial charge on any atom is -0.394 e. The van der Waals surface area contributed by atoms with Gasteiger partial charge in [-0.25, -0.2) is 15.0 Å². The van der Waals surface area contributed by atoms with E-state index < -0.39 is 31.1 Å². The Morgan fingerprint density at radius 2 is 1.83 bits per heavy atom. The number of ether oxygens (including phenoxy) is 1. The summed E-state index contributed by atoms with van der Waals surface area (Å²) < 4.78 is 7.12. The summed E-state index contributed by atoms with van der Waals surface area (Å²) in [5.74, 6) is 0.510. The number of aromatic nitrogens is 4. The molecular formula is C20H19N5O4. The lowest BCUT2D eigenvalue weighted by Crippen LogP contribution is -2.33. The Morgan fingerprint density at radius 3 is 2.62 bits per heavy atom. The van der Waals surface area contributed by atoms with Crippen LogP contribution in [0.1, 0.15) is 6.23 Å². The van der Waals surface area contributed by atoms with Gasteiger partial charge in [0.15, 0.2) is 23.2 Å². The number of anilines is 2. The monoisotopic (exact) mass is 393 g/mol. The summed E-state index contributed by atoms with van der Waals surface area (Å²) >= 11 is 0. The van der Waals surface area contributed by atoms with E-state index in [1.54, 1.807) is 0 Å². The lowest BCUT2D eigenvalue weighted by molar-refractivity contribution is -0.0511. The van der Waals surface area contributed by atoms with Gasteiger partial charge in [-0.15, -0.1) is 0 Å². The van der Waals surface area contributed by atoms with Crippen LogP contribution in [0, 0.1) is 0 Å². The van der Waals surface area contributed by atoms with E-state index in [1.807, 2.05) is 42.5 Å². The summed E-state index contributed by atoms with van der Waals surface area (Å²) in [6.45, 7) is -0.398. The zero-order valence-corrected chi connectivity index (χ0v) is 15.3. The van der Waals surface area contributed by atoms with Gasteiger partial charge in [-0.05, 0) is 22.9 Å². The lowest BCUT2D eigenvalue weighted by Gasteiger charge is -2.16. The number of fused-ring (bicyclic) bond motifs is 2. The maximum Gasteiger partial charge on any atom is 0.167 e. The molecule has 4 N–H and O–H groups in total. The Kier molecular flexibility index (Phi) is 4.36. The molecule has 5 rings (SSSR count). The molecule has 0 spiro atoms. The van der Waals surface area contributed by atoms with Gasteiger partial charge in [0.2, 0.25) is 0 Å². The molecule has 2 unspecified atom stereocenters. The summed E-state index contributed by atoms with van der Waals surface area (Å²) in [6, 6.07) is 14.1. The van der Waals surface area contributed by atoms with Crippen molar-refractivity contribution in [3.63, 3.8) is 0 Å². The summed E-state index contributed by atoms with van der Waals surface area (Å²) in [5.41, 5.74) is 1.79. The van der Waals surface area contributed by atoms with E-state index in [1.165, 1.54) is 17.2 Å². The molecule has 2 aromatic heterocycles. The summed E-state index contributed by atoms with van der Waals surface area (Å²) in [4.78, 5) is 12.9. The van der Waals surface area contributed by atoms with Crippen LogP contribution in [0.3, 0.4) is 0 Å². The van der Waals surface area contributed by atoms with Gasteiger partial charge >= 0.3 is 0 Å². The fourth-order valence-corrected chi connectivity index (χ4v) is 3.64. The second-order valence-corrected chi connectivity index (χ2v) is 6.96. The highest BCUT2D eigenvalue weighted by atomic mass is 16.6. The van der Waals surface area contributed by atoms with Crippen molar-refractivity contribution < 1.29 is 20.1 Å². The topological polar surface area (TPSA) is 126 Å². The maximum absolute atomic E-state index is 10.3. The van der Waals surface area contributed by atoms with Crippen molar-refractivity contribution in [1.29, 1.82) is 0 Å². The van der Waals surface area contributed by atoms with Crippen LogP contribution in [0.15, 0.2) is 55.1 Å². The third-order valence-electron chi connectivity index (χ3n) is 5.16. The van der Waals surface area contributed by atoms with Crippen LogP contribution in [0.2, 0.25) is 0 Å². The normalized spacial score (nSPS) is 24.4. The number of nitrogens with zero attached hydrogens (tertiary/aromatic N) is 4. The van der Waals surface area contributed by atoms with Crippen molar-refractivity contribution in [3.05, 3.63) is 55.1 Å². The predicted octanol–water partition coefficient (Wildman–Crippen LogP) is 1.33. The second kappa shape index (κ2) is 7.05. The SMILES string of the molecule is OC[C@H]1O[C@@H](n2cnc3c(Nc4ccc5ccccc5c4)ncnc32)C(O)C1O. The Hall–Kier alpha value is -3.11. The molecule has 3 heterocycles. The molecular weight excluding hydrogens is 374 g/mol. The number of rotatable bonds is 4. The van der Waals surface area contributed by atoms with E-state index in [0.717, 1.165) is 16.5 Å². The number of hydrogen-bond acceptors (Lipinski definition) is 8. The van der Waals surface area contributed by atoms with Crippen LogP contribution in [-0.4, -0.2) is 59.8 Å². The molecule has 148 valence electrons. The zero-order valence-electron chi connectivity index (χ0n) is 15.3. The lowest BCUT2D eigenvalue weighted by atomic mass is 10.1. The highest BCUT2D eigenvalue weighted by Crippen LogP contribution is 2.32. The first-order chi connectivity index (χ1) is 14.2. The average molecular weight is 393 g/mol. The molecule has 9 nitrogen and oxygen atoms in total. The third-order valence-corrected chi connectivity index (χ3v) is 5.16. The molecule has 0 aliphatic carbocycles. The Morgan fingerprint density at radius 1 is 1.00 bits per heavy atom. The fourth-order valence-electron chi connectivity index (χ4n) is 3.64. The van der Waals surface area contributed by atoms with E-state index >= 15 is 0 Å². The van der Waals surface area contributed by atoms with Crippen molar-refractivity contribution in [2.24, 2.45) is 0 Å². The summed E-state index contributed by atoms with van der Waals surface area (Å²) in [7, 11) is 0. The summed E-state index contributed by atoms with van der Waals surface area (Å²) in [5, 5.41) is 35.1. The van der Waals surface area contributed by atoms with E-state index in [2.05, 4.69) is 20.3 Å². The van der Waals surface area contributed by atoms with Gasteiger partial charge in [0.05, 0.1) is 12.9 Å². The minimum atomic E-state index is -1.21. The molecule has 0 saturated carbocycles. The number of aliphatic hydroxyl groups is 3. The highest BCUT2D eigenvalue weighted by molar-refractivity contribution is 5.89. The first-order valence-corrected chi connectivity index (χ1v) is 9.21. The van der Waals surface area contributed by atoms with Gasteiger partial charge in [-0.1, -0.05) is 30.3 Å². The molecule has 0 bridgehead atoms. The summed E-state index contributed by atoms with van der Waals surface area (Å²) in [6.07, 6.45) is -1.31. The van der Waals surface area contributed by atoms with Gasteiger partial charge in [-0.2, -0.15) is 0 Å². The van der Waals surface area contributed by atoms with Gasteiger partial charge in [0.25, 0.3) is 0 Å². The zero-order chi connectivity index (χ0) is 20.0.